The molecule has 5 heteroatoms. The van der Waals surface area contributed by atoms with Gasteiger partial charge in [-0.25, -0.2) is 0 Å². The normalized spacial score (nSPS) is 12.1. The van der Waals surface area contributed by atoms with Crippen molar-refractivity contribution >= 4 is 11.6 Å². The zero-order valence-corrected chi connectivity index (χ0v) is 15.9. The fraction of sp³-hybridized carbons (Fsp3) is 0.381. The van der Waals surface area contributed by atoms with Gasteiger partial charge in [0.25, 0.3) is 0 Å². The summed E-state index contributed by atoms with van der Waals surface area (Å²) in [5, 5.41) is 0. The Morgan fingerprint density at radius 2 is 1.65 bits per heavy atom. The summed E-state index contributed by atoms with van der Waals surface area (Å²) in [6.45, 7) is 4.94. The first-order valence-corrected chi connectivity index (χ1v) is 8.75. The van der Waals surface area contributed by atoms with Crippen LogP contribution < -0.4 is 15.4 Å². The van der Waals surface area contributed by atoms with Crippen molar-refractivity contribution in [3.8, 4) is 5.75 Å². The molecule has 0 spiro atoms. The average molecular weight is 356 g/mol. The third-order valence-corrected chi connectivity index (χ3v) is 4.30. The summed E-state index contributed by atoms with van der Waals surface area (Å²) in [5.74, 6) is 1.03. The van der Waals surface area contributed by atoms with E-state index in [0.717, 1.165) is 17.0 Å². The summed E-state index contributed by atoms with van der Waals surface area (Å²) >= 11 is 0. The van der Waals surface area contributed by atoms with Crippen LogP contribution in [0.1, 0.15) is 30.9 Å². The van der Waals surface area contributed by atoms with Crippen LogP contribution in [0.2, 0.25) is 0 Å². The van der Waals surface area contributed by atoms with Crippen molar-refractivity contribution in [1.29, 1.82) is 0 Å². The highest BCUT2D eigenvalue weighted by molar-refractivity contribution is 5.97. The zero-order chi connectivity index (χ0) is 19.1. The third-order valence-electron chi connectivity index (χ3n) is 4.30. The molecular weight excluding hydrogens is 328 g/mol. The predicted octanol–water partition coefficient (Wildman–Crippen LogP) is 3.33. The fourth-order valence-electron chi connectivity index (χ4n) is 2.70. The Morgan fingerprint density at radius 1 is 1.04 bits per heavy atom. The smallest absolute Gasteiger partial charge is 0.246 e. The van der Waals surface area contributed by atoms with Crippen LogP contribution in [0.4, 0.5) is 5.69 Å². The minimum Gasteiger partial charge on any atom is -0.497 e. The Hall–Kier alpha value is -2.37. The van der Waals surface area contributed by atoms with Crippen molar-refractivity contribution in [2.45, 2.75) is 32.4 Å². The first-order chi connectivity index (χ1) is 12.5. The Bertz CT molecular complexity index is 696. The maximum atomic E-state index is 12.9. The van der Waals surface area contributed by atoms with E-state index in [1.165, 1.54) is 12.7 Å². The molecule has 0 bridgehead atoms. The van der Waals surface area contributed by atoms with E-state index in [0.29, 0.717) is 12.5 Å². The first-order valence-electron chi connectivity index (χ1n) is 8.75. The van der Waals surface area contributed by atoms with E-state index in [2.05, 4.69) is 38.1 Å². The highest BCUT2D eigenvalue weighted by Crippen LogP contribution is 2.23. The maximum absolute atomic E-state index is 12.9. The maximum Gasteiger partial charge on any atom is 0.246 e. The predicted molar refractivity (Wildman–Crippen MR) is 105 cm³/mol. The van der Waals surface area contributed by atoms with Gasteiger partial charge in [0.1, 0.15) is 11.8 Å². The zero-order valence-electron chi connectivity index (χ0n) is 15.9. The summed E-state index contributed by atoms with van der Waals surface area (Å²) in [7, 11) is 3.15. The fourth-order valence-corrected chi connectivity index (χ4v) is 2.70. The Kier molecular flexibility index (Phi) is 7.18. The lowest BCUT2D eigenvalue weighted by atomic mass is 10.0. The number of hydrogen-bond donors (Lipinski definition) is 1. The Morgan fingerprint density at radius 3 is 2.15 bits per heavy atom. The lowest BCUT2D eigenvalue weighted by Crippen LogP contribution is -2.46. The van der Waals surface area contributed by atoms with Crippen LogP contribution in [0.25, 0.3) is 0 Å². The van der Waals surface area contributed by atoms with E-state index in [4.69, 9.17) is 15.2 Å². The number of carbonyl (C=O) groups excluding carboxylic acids is 1. The second-order valence-electron chi connectivity index (χ2n) is 6.58. The van der Waals surface area contributed by atoms with Crippen molar-refractivity contribution in [1.82, 2.24) is 0 Å². The number of anilines is 1. The molecule has 0 radical (unpaired) electrons. The molecule has 1 unspecified atom stereocenters. The van der Waals surface area contributed by atoms with E-state index in [1.54, 1.807) is 12.0 Å². The highest BCUT2D eigenvalue weighted by atomic mass is 16.5. The van der Waals surface area contributed by atoms with Crippen LogP contribution in [-0.2, 0) is 16.1 Å². The van der Waals surface area contributed by atoms with Crippen LogP contribution >= 0.6 is 0 Å². The van der Waals surface area contributed by atoms with Gasteiger partial charge >= 0.3 is 0 Å². The SMILES string of the molecule is COCC(N)C(=O)N(Cc1ccc(C(C)C)cc1)c1ccc(OC)cc1. The molecule has 0 fully saturated rings. The number of carbonyl (C=O) groups is 1. The summed E-state index contributed by atoms with van der Waals surface area (Å²) in [6.07, 6.45) is 0. The number of nitrogens with two attached hydrogens (primary N) is 1. The van der Waals surface area contributed by atoms with Gasteiger partial charge in [-0.15, -0.1) is 0 Å². The van der Waals surface area contributed by atoms with Gasteiger partial charge in [0.15, 0.2) is 0 Å². The van der Waals surface area contributed by atoms with Crippen LogP contribution in [-0.4, -0.2) is 32.8 Å². The molecule has 26 heavy (non-hydrogen) atoms. The average Bonchev–Trinajstić information content (AvgIpc) is 2.66. The number of hydrogen-bond acceptors (Lipinski definition) is 4. The number of methoxy groups -OCH3 is 2. The molecule has 0 aliphatic heterocycles. The Labute approximate surface area is 155 Å². The molecule has 2 N–H and O–H groups in total. The molecule has 1 atom stereocenters. The van der Waals surface area contributed by atoms with Crippen LogP contribution in [0.15, 0.2) is 48.5 Å². The number of ether oxygens (including phenoxy) is 2. The van der Waals surface area contributed by atoms with Crippen LogP contribution in [0, 0.1) is 0 Å². The van der Waals surface area contributed by atoms with Gasteiger partial charge in [-0.1, -0.05) is 38.1 Å². The lowest BCUT2D eigenvalue weighted by molar-refractivity contribution is -0.121. The minimum atomic E-state index is -0.711. The summed E-state index contributed by atoms with van der Waals surface area (Å²) < 4.78 is 10.2. The monoisotopic (exact) mass is 356 g/mol. The standard InChI is InChI=1S/C21H28N2O3/c1-15(2)17-7-5-16(6-8-17)13-23(21(24)20(22)14-25-3)18-9-11-19(26-4)12-10-18/h5-12,15,20H,13-14,22H2,1-4H3. The van der Waals surface area contributed by atoms with E-state index in [9.17, 15) is 4.79 Å². The molecule has 2 aromatic rings. The molecule has 0 aliphatic rings. The van der Waals surface area contributed by atoms with Crippen molar-refractivity contribution in [3.63, 3.8) is 0 Å². The summed E-state index contributed by atoms with van der Waals surface area (Å²) in [4.78, 5) is 14.5. The van der Waals surface area contributed by atoms with Gasteiger partial charge in [0.05, 0.1) is 20.3 Å². The molecular formula is C21H28N2O3. The van der Waals surface area contributed by atoms with E-state index in [1.807, 2.05) is 24.3 Å². The molecule has 2 aromatic carbocycles. The third kappa shape index (κ3) is 5.07. The summed E-state index contributed by atoms with van der Waals surface area (Å²) in [6, 6.07) is 15.0. The second kappa shape index (κ2) is 9.36. The highest BCUT2D eigenvalue weighted by Gasteiger charge is 2.23. The van der Waals surface area contributed by atoms with E-state index in [-0.39, 0.29) is 12.5 Å². The molecule has 1 amide bonds. The first kappa shape index (κ1) is 19.9. The molecule has 0 aromatic heterocycles. The quantitative estimate of drug-likeness (QED) is 0.788. The van der Waals surface area contributed by atoms with Gasteiger partial charge in [0, 0.05) is 12.8 Å². The number of benzene rings is 2. The van der Waals surface area contributed by atoms with Crippen LogP contribution in [0.3, 0.4) is 0 Å². The van der Waals surface area contributed by atoms with Gasteiger partial charge in [0.2, 0.25) is 5.91 Å². The van der Waals surface area contributed by atoms with Gasteiger partial charge in [-0.05, 0) is 41.3 Å². The topological polar surface area (TPSA) is 64.8 Å². The molecule has 5 nitrogen and oxygen atoms in total. The van der Waals surface area contributed by atoms with Crippen molar-refractivity contribution in [2.24, 2.45) is 5.73 Å². The van der Waals surface area contributed by atoms with Crippen molar-refractivity contribution < 1.29 is 14.3 Å². The van der Waals surface area contributed by atoms with Crippen LogP contribution in [0.5, 0.6) is 5.75 Å². The molecule has 2 rings (SSSR count). The molecule has 140 valence electrons. The van der Waals surface area contributed by atoms with E-state index >= 15 is 0 Å². The molecule has 0 saturated carbocycles. The Balaban J connectivity index is 2.28. The summed E-state index contributed by atoms with van der Waals surface area (Å²) in [5.41, 5.74) is 9.09. The molecule has 0 heterocycles. The van der Waals surface area contributed by atoms with Gasteiger partial charge in [-0.2, -0.15) is 0 Å². The lowest BCUT2D eigenvalue weighted by Gasteiger charge is -2.26. The van der Waals surface area contributed by atoms with Gasteiger partial charge in [-0.3, -0.25) is 4.79 Å². The largest absolute Gasteiger partial charge is 0.497 e. The number of nitrogens with zero attached hydrogens (tertiary/aromatic N) is 1. The minimum absolute atomic E-state index is 0.176. The van der Waals surface area contributed by atoms with Crippen molar-refractivity contribution in [2.75, 3.05) is 25.7 Å². The number of rotatable bonds is 8. The molecule has 0 saturated heterocycles. The van der Waals surface area contributed by atoms with Crippen molar-refractivity contribution in [3.05, 3.63) is 59.7 Å². The van der Waals surface area contributed by atoms with Gasteiger partial charge < -0.3 is 20.1 Å². The number of amides is 1. The van der Waals surface area contributed by atoms with E-state index < -0.39 is 6.04 Å². The second-order valence-corrected chi connectivity index (χ2v) is 6.58. The molecule has 0 aliphatic carbocycles.